The lowest BCUT2D eigenvalue weighted by Gasteiger charge is -2.14. The van der Waals surface area contributed by atoms with Crippen molar-refractivity contribution < 1.29 is 41.7 Å². The van der Waals surface area contributed by atoms with Crippen LogP contribution in [0.3, 0.4) is 0 Å². The number of methoxy groups -OCH3 is 3. The van der Waals surface area contributed by atoms with Gasteiger partial charge in [0.2, 0.25) is 5.75 Å². The van der Waals surface area contributed by atoms with E-state index < -0.39 is 46.8 Å². The molecule has 1 saturated heterocycles. The van der Waals surface area contributed by atoms with E-state index in [9.17, 15) is 22.8 Å². The highest BCUT2D eigenvalue weighted by Crippen LogP contribution is 2.38. The van der Waals surface area contributed by atoms with E-state index >= 15 is 0 Å². The molecule has 1 aromatic rings. The average molecular weight is 444 g/mol. The number of amides is 2. The molecule has 2 rings (SSSR count). The predicted octanol–water partition coefficient (Wildman–Crippen LogP) is -0.711. The first kappa shape index (κ1) is 23.3. The van der Waals surface area contributed by atoms with E-state index in [0.29, 0.717) is 12.2 Å². The molecule has 30 heavy (non-hydrogen) atoms. The summed E-state index contributed by atoms with van der Waals surface area (Å²) in [5, 5.41) is 4.86. The van der Waals surface area contributed by atoms with Crippen LogP contribution >= 0.6 is 0 Å². The van der Waals surface area contributed by atoms with Crippen LogP contribution in [0, 0.1) is 0 Å². The highest BCUT2D eigenvalue weighted by molar-refractivity contribution is 7.91. The molecule has 0 saturated carbocycles. The van der Waals surface area contributed by atoms with Gasteiger partial charge in [0.05, 0.1) is 32.8 Å². The van der Waals surface area contributed by atoms with Crippen molar-refractivity contribution in [1.29, 1.82) is 0 Å². The Hall–Kier alpha value is -3.02. The predicted molar refractivity (Wildman–Crippen MR) is 105 cm³/mol. The standard InChI is InChI=1S/C18H24N2O9S/c1-26-13-6-11(7-14(27-2)17(13)28-3)18(23)19-8-16(22)29-9-15(21)20-12-4-5-30(24,25)10-12/h6-7,12H,4-5,8-10H2,1-3H3,(H,19,23)(H,20,21). The third-order valence-corrected chi connectivity index (χ3v) is 6.05. The molecular formula is C18H24N2O9S. The van der Waals surface area contributed by atoms with Crippen LogP contribution in [0.1, 0.15) is 16.8 Å². The summed E-state index contributed by atoms with van der Waals surface area (Å²) in [6, 6.07) is 2.36. The van der Waals surface area contributed by atoms with Gasteiger partial charge >= 0.3 is 5.97 Å². The first-order valence-corrected chi connectivity index (χ1v) is 10.7. The number of carbonyl (C=O) groups is 3. The Morgan fingerprint density at radius 2 is 1.70 bits per heavy atom. The van der Waals surface area contributed by atoms with E-state index in [1.54, 1.807) is 0 Å². The minimum absolute atomic E-state index is 0.0185. The van der Waals surface area contributed by atoms with Gasteiger partial charge < -0.3 is 29.6 Å². The number of esters is 1. The summed E-state index contributed by atoms with van der Waals surface area (Å²) in [5.74, 6) is -1.28. The zero-order valence-electron chi connectivity index (χ0n) is 16.9. The molecule has 1 aromatic carbocycles. The van der Waals surface area contributed by atoms with Gasteiger partial charge in [-0.15, -0.1) is 0 Å². The molecule has 1 heterocycles. The second-order valence-electron chi connectivity index (χ2n) is 6.42. The lowest BCUT2D eigenvalue weighted by molar-refractivity contribution is -0.147. The molecule has 166 valence electrons. The van der Waals surface area contributed by atoms with Crippen molar-refractivity contribution >= 4 is 27.6 Å². The molecule has 2 N–H and O–H groups in total. The molecule has 2 amide bonds. The van der Waals surface area contributed by atoms with Crippen molar-refractivity contribution in [3.8, 4) is 17.2 Å². The van der Waals surface area contributed by atoms with Gasteiger partial charge in [0.25, 0.3) is 11.8 Å². The maximum absolute atomic E-state index is 12.3. The highest BCUT2D eigenvalue weighted by atomic mass is 32.2. The minimum atomic E-state index is -3.13. The summed E-state index contributed by atoms with van der Waals surface area (Å²) in [7, 11) is 1.11. The summed E-state index contributed by atoms with van der Waals surface area (Å²) in [5.41, 5.74) is 0.164. The summed E-state index contributed by atoms with van der Waals surface area (Å²) in [6.45, 7) is -1.05. The second-order valence-corrected chi connectivity index (χ2v) is 8.65. The van der Waals surface area contributed by atoms with Crippen molar-refractivity contribution in [1.82, 2.24) is 10.6 Å². The van der Waals surface area contributed by atoms with Crippen LogP contribution < -0.4 is 24.8 Å². The number of ether oxygens (including phenoxy) is 4. The van der Waals surface area contributed by atoms with Gasteiger partial charge in [-0.25, -0.2) is 8.42 Å². The Bertz CT molecular complexity index is 889. The Kier molecular flexibility index (Phi) is 7.86. The molecule has 1 atom stereocenters. The molecule has 0 bridgehead atoms. The van der Waals surface area contributed by atoms with Gasteiger partial charge in [0, 0.05) is 11.6 Å². The summed E-state index contributed by atoms with van der Waals surface area (Å²) < 4.78 is 43.1. The lowest BCUT2D eigenvalue weighted by atomic mass is 10.1. The van der Waals surface area contributed by atoms with Crippen LogP contribution in [0.15, 0.2) is 12.1 Å². The zero-order chi connectivity index (χ0) is 22.3. The summed E-state index contributed by atoms with van der Waals surface area (Å²) in [4.78, 5) is 35.9. The fourth-order valence-corrected chi connectivity index (χ4v) is 4.52. The number of nitrogens with one attached hydrogen (secondary N) is 2. The van der Waals surface area contributed by atoms with E-state index in [1.165, 1.54) is 33.5 Å². The van der Waals surface area contributed by atoms with Gasteiger partial charge in [-0.1, -0.05) is 0 Å². The maximum atomic E-state index is 12.3. The molecule has 0 aliphatic carbocycles. The molecule has 12 heteroatoms. The smallest absolute Gasteiger partial charge is 0.325 e. The maximum Gasteiger partial charge on any atom is 0.325 e. The zero-order valence-corrected chi connectivity index (χ0v) is 17.7. The Morgan fingerprint density at radius 1 is 1.07 bits per heavy atom. The number of benzene rings is 1. The molecule has 1 fully saturated rings. The van der Waals surface area contributed by atoms with Crippen molar-refractivity contribution in [2.45, 2.75) is 12.5 Å². The third kappa shape index (κ3) is 6.24. The van der Waals surface area contributed by atoms with Crippen LogP contribution in [0.4, 0.5) is 0 Å². The van der Waals surface area contributed by atoms with Crippen LogP contribution in [-0.4, -0.2) is 78.2 Å². The Labute approximate surface area is 173 Å². The fraction of sp³-hybridized carbons (Fsp3) is 0.500. The van der Waals surface area contributed by atoms with Crippen molar-refractivity contribution in [3.05, 3.63) is 17.7 Å². The van der Waals surface area contributed by atoms with Crippen molar-refractivity contribution in [2.24, 2.45) is 0 Å². The normalized spacial score (nSPS) is 17.0. The van der Waals surface area contributed by atoms with Crippen LogP contribution in [-0.2, 0) is 24.2 Å². The van der Waals surface area contributed by atoms with E-state index in [2.05, 4.69) is 10.6 Å². The SMILES string of the molecule is COc1cc(C(=O)NCC(=O)OCC(=O)NC2CCS(=O)(=O)C2)cc(OC)c1OC. The first-order valence-electron chi connectivity index (χ1n) is 8.92. The van der Waals surface area contributed by atoms with Crippen molar-refractivity contribution in [2.75, 3.05) is 46.0 Å². The van der Waals surface area contributed by atoms with E-state index in [4.69, 9.17) is 18.9 Å². The molecule has 0 aromatic heterocycles. The number of rotatable bonds is 9. The average Bonchev–Trinajstić information content (AvgIpc) is 3.06. The Balaban J connectivity index is 1.83. The van der Waals surface area contributed by atoms with Gasteiger partial charge in [-0.3, -0.25) is 14.4 Å². The molecular weight excluding hydrogens is 420 g/mol. The number of carbonyl (C=O) groups excluding carboxylic acids is 3. The molecule has 0 spiro atoms. The molecule has 1 aliphatic rings. The monoisotopic (exact) mass is 444 g/mol. The number of hydrogen-bond donors (Lipinski definition) is 2. The molecule has 0 radical (unpaired) electrons. The highest BCUT2D eigenvalue weighted by Gasteiger charge is 2.29. The molecule has 11 nitrogen and oxygen atoms in total. The number of sulfone groups is 1. The van der Waals surface area contributed by atoms with E-state index in [-0.39, 0.29) is 28.6 Å². The Morgan fingerprint density at radius 3 is 2.20 bits per heavy atom. The summed E-state index contributed by atoms with van der Waals surface area (Å²) in [6.07, 6.45) is 0.326. The van der Waals surface area contributed by atoms with Gasteiger partial charge in [0.1, 0.15) is 6.54 Å². The quantitative estimate of drug-likeness (QED) is 0.471. The molecule has 1 unspecified atom stereocenters. The summed E-state index contributed by atoms with van der Waals surface area (Å²) >= 11 is 0. The third-order valence-electron chi connectivity index (χ3n) is 4.28. The van der Waals surface area contributed by atoms with Gasteiger partial charge in [-0.05, 0) is 18.6 Å². The van der Waals surface area contributed by atoms with Crippen LogP contribution in [0.2, 0.25) is 0 Å². The van der Waals surface area contributed by atoms with E-state index in [1.807, 2.05) is 0 Å². The number of hydrogen-bond acceptors (Lipinski definition) is 9. The van der Waals surface area contributed by atoms with Crippen LogP contribution in [0.5, 0.6) is 17.2 Å². The second kappa shape index (κ2) is 10.1. The first-order chi connectivity index (χ1) is 14.2. The lowest BCUT2D eigenvalue weighted by Crippen LogP contribution is -2.39. The van der Waals surface area contributed by atoms with Crippen molar-refractivity contribution in [3.63, 3.8) is 0 Å². The topological polar surface area (TPSA) is 146 Å². The minimum Gasteiger partial charge on any atom is -0.493 e. The molecule has 1 aliphatic heterocycles. The van der Waals surface area contributed by atoms with Gasteiger partial charge in [-0.2, -0.15) is 0 Å². The fourth-order valence-electron chi connectivity index (χ4n) is 2.84. The largest absolute Gasteiger partial charge is 0.493 e. The van der Waals surface area contributed by atoms with Gasteiger partial charge in [0.15, 0.2) is 27.9 Å². The van der Waals surface area contributed by atoms with E-state index in [0.717, 1.165) is 0 Å². The van der Waals surface area contributed by atoms with Crippen LogP contribution in [0.25, 0.3) is 0 Å².